The fraction of sp³-hybridized carbons (Fsp3) is 0.273. The SMILES string of the molecule is CC(C)n1cnnc1-c1cccc(-c2cn(C(C)C)c3ccc(S(=O)(=O)Cl)cc3c2=O)n1. The van der Waals surface area contributed by atoms with Crippen LogP contribution in [0.2, 0.25) is 0 Å². The molecule has 0 spiro atoms. The molecular formula is C22H22ClN5O3S. The largest absolute Gasteiger partial charge is 0.344 e. The zero-order chi connectivity index (χ0) is 23.2. The highest BCUT2D eigenvalue weighted by Gasteiger charge is 2.18. The Morgan fingerprint density at radius 1 is 0.969 bits per heavy atom. The fourth-order valence-electron chi connectivity index (χ4n) is 3.61. The minimum absolute atomic E-state index is 0.0162. The normalized spacial score (nSPS) is 12.2. The van der Waals surface area contributed by atoms with Gasteiger partial charge in [0.2, 0.25) is 0 Å². The van der Waals surface area contributed by atoms with Crippen molar-refractivity contribution >= 4 is 30.6 Å². The molecule has 0 unspecified atom stereocenters. The molecule has 0 atom stereocenters. The summed E-state index contributed by atoms with van der Waals surface area (Å²) in [7, 11) is 1.54. The predicted molar refractivity (Wildman–Crippen MR) is 124 cm³/mol. The number of hydrogen-bond acceptors (Lipinski definition) is 6. The Kier molecular flexibility index (Phi) is 5.64. The minimum atomic E-state index is -3.98. The third-order valence-corrected chi connectivity index (χ3v) is 6.58. The first-order valence-electron chi connectivity index (χ1n) is 10.1. The molecular weight excluding hydrogens is 450 g/mol. The smallest absolute Gasteiger partial charge is 0.261 e. The molecule has 0 radical (unpaired) electrons. The summed E-state index contributed by atoms with van der Waals surface area (Å²) in [6.45, 7) is 8.00. The van der Waals surface area contributed by atoms with Crippen LogP contribution in [0.15, 0.2) is 58.6 Å². The predicted octanol–water partition coefficient (Wildman–Crippen LogP) is 4.41. The van der Waals surface area contributed by atoms with E-state index < -0.39 is 9.05 Å². The molecule has 3 aromatic heterocycles. The molecule has 0 fully saturated rings. The number of fused-ring (bicyclic) bond motifs is 1. The first-order chi connectivity index (χ1) is 15.1. The van der Waals surface area contributed by atoms with E-state index in [9.17, 15) is 13.2 Å². The Balaban J connectivity index is 1.98. The van der Waals surface area contributed by atoms with E-state index in [4.69, 9.17) is 10.7 Å². The van der Waals surface area contributed by atoms with Crippen molar-refractivity contribution in [1.29, 1.82) is 0 Å². The van der Waals surface area contributed by atoms with Crippen molar-refractivity contribution in [3.8, 4) is 22.8 Å². The van der Waals surface area contributed by atoms with Crippen LogP contribution in [0.4, 0.5) is 0 Å². The molecule has 0 aliphatic heterocycles. The number of benzene rings is 1. The Morgan fingerprint density at radius 3 is 2.31 bits per heavy atom. The molecule has 0 saturated carbocycles. The molecule has 0 saturated heterocycles. The molecule has 10 heteroatoms. The second-order valence-corrected chi connectivity index (χ2v) is 10.6. The molecule has 0 bridgehead atoms. The van der Waals surface area contributed by atoms with Crippen LogP contribution in [0.1, 0.15) is 39.8 Å². The number of hydrogen-bond donors (Lipinski definition) is 0. The summed E-state index contributed by atoms with van der Waals surface area (Å²) in [5.41, 5.74) is 1.69. The van der Waals surface area contributed by atoms with Crippen LogP contribution in [0, 0.1) is 0 Å². The third kappa shape index (κ3) is 3.93. The molecule has 0 amide bonds. The minimum Gasteiger partial charge on any atom is -0.344 e. The number of aromatic nitrogens is 5. The third-order valence-electron chi connectivity index (χ3n) is 5.23. The molecule has 0 aliphatic carbocycles. The maximum absolute atomic E-state index is 13.4. The highest BCUT2D eigenvalue weighted by Crippen LogP contribution is 2.27. The first kappa shape index (κ1) is 22.2. The van der Waals surface area contributed by atoms with Crippen LogP contribution < -0.4 is 5.43 Å². The number of halogens is 1. The van der Waals surface area contributed by atoms with Gasteiger partial charge in [-0.1, -0.05) is 6.07 Å². The van der Waals surface area contributed by atoms with Crippen molar-refractivity contribution in [2.24, 2.45) is 0 Å². The highest BCUT2D eigenvalue weighted by atomic mass is 35.7. The van der Waals surface area contributed by atoms with Crippen molar-refractivity contribution in [3.05, 3.63) is 59.1 Å². The van der Waals surface area contributed by atoms with Crippen molar-refractivity contribution in [3.63, 3.8) is 0 Å². The van der Waals surface area contributed by atoms with Gasteiger partial charge in [0.05, 0.1) is 21.7 Å². The maximum atomic E-state index is 13.4. The molecule has 8 nitrogen and oxygen atoms in total. The van der Waals surface area contributed by atoms with E-state index in [1.54, 1.807) is 30.7 Å². The second-order valence-electron chi connectivity index (χ2n) is 8.05. The van der Waals surface area contributed by atoms with E-state index in [0.29, 0.717) is 28.3 Å². The van der Waals surface area contributed by atoms with Gasteiger partial charge < -0.3 is 9.13 Å². The van der Waals surface area contributed by atoms with Gasteiger partial charge in [0.1, 0.15) is 12.0 Å². The van der Waals surface area contributed by atoms with E-state index >= 15 is 0 Å². The van der Waals surface area contributed by atoms with Gasteiger partial charge in [0.25, 0.3) is 9.05 Å². The Hall–Kier alpha value is -3.04. The van der Waals surface area contributed by atoms with Crippen LogP contribution >= 0.6 is 10.7 Å². The van der Waals surface area contributed by atoms with Gasteiger partial charge in [-0.05, 0) is 58.0 Å². The summed E-state index contributed by atoms with van der Waals surface area (Å²) in [6, 6.07) is 9.84. The first-order valence-corrected chi connectivity index (χ1v) is 12.4. The standard InChI is InChI=1S/C22H22ClN5O3S/c1-13(2)27-11-17(21(29)16-10-15(32(23,30)31)8-9-20(16)27)18-6-5-7-19(25-18)22-26-24-12-28(22)14(3)4/h5-14H,1-4H3. The molecule has 0 aliphatic rings. The lowest BCUT2D eigenvalue weighted by Crippen LogP contribution is -2.15. The van der Waals surface area contributed by atoms with Crippen molar-refractivity contribution in [2.75, 3.05) is 0 Å². The lowest BCUT2D eigenvalue weighted by atomic mass is 10.1. The molecule has 1 aromatic carbocycles. The topological polar surface area (TPSA) is 99.7 Å². The van der Waals surface area contributed by atoms with Gasteiger partial charge in [-0.25, -0.2) is 13.4 Å². The van der Waals surface area contributed by atoms with Gasteiger partial charge >= 0.3 is 0 Å². The number of rotatable bonds is 5. The molecule has 4 rings (SSSR count). The summed E-state index contributed by atoms with van der Waals surface area (Å²) >= 11 is 0. The molecule has 166 valence electrons. The summed E-state index contributed by atoms with van der Waals surface area (Å²) in [4.78, 5) is 18.0. The molecule has 3 heterocycles. The number of nitrogens with zero attached hydrogens (tertiary/aromatic N) is 5. The quantitative estimate of drug-likeness (QED) is 0.399. The van der Waals surface area contributed by atoms with Gasteiger partial charge in [-0.2, -0.15) is 0 Å². The Labute approximate surface area is 189 Å². The summed E-state index contributed by atoms with van der Waals surface area (Å²) in [6.07, 6.45) is 3.40. The van der Waals surface area contributed by atoms with Gasteiger partial charge in [-0.15, -0.1) is 10.2 Å². The second kappa shape index (κ2) is 8.14. The lowest BCUT2D eigenvalue weighted by molar-refractivity contribution is 0.603. The van der Waals surface area contributed by atoms with Crippen molar-refractivity contribution < 1.29 is 8.42 Å². The zero-order valence-electron chi connectivity index (χ0n) is 18.0. The van der Waals surface area contributed by atoms with Crippen LogP contribution in [-0.2, 0) is 9.05 Å². The van der Waals surface area contributed by atoms with Gasteiger partial charge in [0.15, 0.2) is 11.3 Å². The van der Waals surface area contributed by atoms with Crippen molar-refractivity contribution in [1.82, 2.24) is 24.3 Å². The van der Waals surface area contributed by atoms with Gasteiger partial charge in [-0.3, -0.25) is 4.79 Å². The molecule has 4 aromatic rings. The zero-order valence-corrected chi connectivity index (χ0v) is 19.6. The maximum Gasteiger partial charge on any atom is 0.261 e. The van der Waals surface area contributed by atoms with Crippen LogP contribution in [0.3, 0.4) is 0 Å². The van der Waals surface area contributed by atoms with E-state index in [2.05, 4.69) is 15.2 Å². The summed E-state index contributed by atoms with van der Waals surface area (Å²) in [5, 5.41) is 8.43. The Bertz CT molecular complexity index is 1490. The monoisotopic (exact) mass is 471 g/mol. The van der Waals surface area contributed by atoms with E-state index in [0.717, 1.165) is 0 Å². The Morgan fingerprint density at radius 2 is 1.66 bits per heavy atom. The lowest BCUT2D eigenvalue weighted by Gasteiger charge is -2.17. The summed E-state index contributed by atoms with van der Waals surface area (Å²) < 4.78 is 27.5. The van der Waals surface area contributed by atoms with Crippen LogP contribution in [0.5, 0.6) is 0 Å². The van der Waals surface area contributed by atoms with E-state index in [-0.39, 0.29) is 27.8 Å². The fourth-order valence-corrected chi connectivity index (χ4v) is 4.39. The average molecular weight is 472 g/mol. The van der Waals surface area contributed by atoms with Crippen LogP contribution in [-0.4, -0.2) is 32.7 Å². The highest BCUT2D eigenvalue weighted by molar-refractivity contribution is 8.13. The molecule has 0 N–H and O–H groups in total. The number of pyridine rings is 2. The molecule has 32 heavy (non-hydrogen) atoms. The van der Waals surface area contributed by atoms with Crippen LogP contribution in [0.25, 0.3) is 33.7 Å². The summed E-state index contributed by atoms with van der Waals surface area (Å²) in [5.74, 6) is 0.599. The average Bonchev–Trinajstić information content (AvgIpc) is 3.23. The van der Waals surface area contributed by atoms with Crippen molar-refractivity contribution in [2.45, 2.75) is 44.7 Å². The van der Waals surface area contributed by atoms with E-state index in [1.165, 1.54) is 12.1 Å². The van der Waals surface area contributed by atoms with E-state index in [1.807, 2.05) is 42.9 Å². The van der Waals surface area contributed by atoms with Gasteiger partial charge in [0, 0.05) is 34.3 Å².